The monoisotopic (exact) mass is 249 g/mol. The molecule has 0 aromatic heterocycles. The molecule has 1 heterocycles. The fourth-order valence-electron chi connectivity index (χ4n) is 2.47. The first-order valence-electron chi connectivity index (χ1n) is 6.25. The number of anilines is 1. The van der Waals surface area contributed by atoms with Crippen molar-refractivity contribution in [3.63, 3.8) is 0 Å². The Hall–Kier alpha value is -1.62. The van der Waals surface area contributed by atoms with E-state index in [9.17, 15) is 10.1 Å². The molecule has 1 fully saturated rings. The molecule has 98 valence electrons. The lowest BCUT2D eigenvalue weighted by atomic mass is 9.93. The zero-order valence-corrected chi connectivity index (χ0v) is 10.8. The minimum atomic E-state index is -0.328. The Morgan fingerprint density at radius 3 is 2.83 bits per heavy atom. The van der Waals surface area contributed by atoms with Crippen LogP contribution >= 0.6 is 0 Å². The minimum Gasteiger partial charge on any atom is -0.370 e. The van der Waals surface area contributed by atoms with Gasteiger partial charge >= 0.3 is 0 Å². The Bertz CT molecular complexity index is 462. The average Bonchev–Trinajstić information content (AvgIpc) is 2.33. The zero-order chi connectivity index (χ0) is 13.3. The maximum absolute atomic E-state index is 10.9. The van der Waals surface area contributed by atoms with Gasteiger partial charge in [-0.05, 0) is 25.3 Å². The van der Waals surface area contributed by atoms with E-state index in [0.717, 1.165) is 30.8 Å². The Morgan fingerprint density at radius 2 is 2.22 bits per heavy atom. The predicted octanol–water partition coefficient (Wildman–Crippen LogP) is 2.08. The standard InChI is InChI=1S/C13H19N3O2/c1-9-6-7-15(8-11(9)14)12-4-3-5-13(10(12)2)16(17)18/h3-5,9,11H,6-8,14H2,1-2H3. The number of benzene rings is 1. The van der Waals surface area contributed by atoms with Crippen LogP contribution in [0.3, 0.4) is 0 Å². The molecule has 2 rings (SSSR count). The van der Waals surface area contributed by atoms with Crippen LogP contribution in [0.2, 0.25) is 0 Å². The van der Waals surface area contributed by atoms with E-state index in [1.165, 1.54) is 0 Å². The molecule has 0 amide bonds. The van der Waals surface area contributed by atoms with E-state index in [1.807, 2.05) is 6.07 Å². The first kappa shape index (κ1) is 12.8. The molecule has 0 saturated carbocycles. The molecule has 0 spiro atoms. The second-order valence-electron chi connectivity index (χ2n) is 5.05. The van der Waals surface area contributed by atoms with Crippen molar-refractivity contribution in [2.24, 2.45) is 11.7 Å². The summed E-state index contributed by atoms with van der Waals surface area (Å²) < 4.78 is 0. The molecule has 1 saturated heterocycles. The molecule has 1 aliphatic heterocycles. The third-order valence-electron chi connectivity index (χ3n) is 3.83. The highest BCUT2D eigenvalue weighted by atomic mass is 16.6. The van der Waals surface area contributed by atoms with E-state index in [4.69, 9.17) is 5.73 Å². The number of piperidine rings is 1. The van der Waals surface area contributed by atoms with Crippen LogP contribution in [0, 0.1) is 23.0 Å². The summed E-state index contributed by atoms with van der Waals surface area (Å²) in [5.41, 5.74) is 7.92. The van der Waals surface area contributed by atoms with E-state index in [1.54, 1.807) is 19.1 Å². The molecule has 1 aromatic carbocycles. The molecule has 0 radical (unpaired) electrons. The van der Waals surface area contributed by atoms with Gasteiger partial charge < -0.3 is 10.6 Å². The number of nitro benzene ring substituents is 1. The highest BCUT2D eigenvalue weighted by Crippen LogP contribution is 2.30. The molecule has 0 aliphatic carbocycles. The number of nitrogens with two attached hydrogens (primary N) is 1. The summed E-state index contributed by atoms with van der Waals surface area (Å²) >= 11 is 0. The van der Waals surface area contributed by atoms with Crippen molar-refractivity contribution in [2.45, 2.75) is 26.3 Å². The largest absolute Gasteiger partial charge is 0.370 e. The van der Waals surface area contributed by atoms with E-state index < -0.39 is 0 Å². The van der Waals surface area contributed by atoms with Gasteiger partial charge in [-0.1, -0.05) is 13.0 Å². The van der Waals surface area contributed by atoms with Crippen molar-refractivity contribution < 1.29 is 4.92 Å². The summed E-state index contributed by atoms with van der Waals surface area (Å²) in [6.45, 7) is 5.64. The van der Waals surface area contributed by atoms with Crippen molar-refractivity contribution in [1.29, 1.82) is 0 Å². The zero-order valence-electron chi connectivity index (χ0n) is 10.8. The van der Waals surface area contributed by atoms with Gasteiger partial charge in [-0.2, -0.15) is 0 Å². The lowest BCUT2D eigenvalue weighted by Gasteiger charge is -2.37. The second-order valence-corrected chi connectivity index (χ2v) is 5.05. The average molecular weight is 249 g/mol. The number of hydrogen-bond acceptors (Lipinski definition) is 4. The number of nitrogens with zero attached hydrogens (tertiary/aromatic N) is 2. The smallest absolute Gasteiger partial charge is 0.274 e. The highest BCUT2D eigenvalue weighted by molar-refractivity contribution is 5.61. The number of rotatable bonds is 2. The topological polar surface area (TPSA) is 72.4 Å². The van der Waals surface area contributed by atoms with Crippen molar-refractivity contribution in [3.05, 3.63) is 33.9 Å². The fraction of sp³-hybridized carbons (Fsp3) is 0.538. The molecule has 5 nitrogen and oxygen atoms in total. The van der Waals surface area contributed by atoms with Gasteiger partial charge in [0.05, 0.1) is 10.5 Å². The Labute approximate surface area is 107 Å². The van der Waals surface area contributed by atoms with Crippen molar-refractivity contribution in [1.82, 2.24) is 0 Å². The molecular weight excluding hydrogens is 230 g/mol. The van der Waals surface area contributed by atoms with Gasteiger partial charge in [0.25, 0.3) is 5.69 Å². The predicted molar refractivity (Wildman–Crippen MR) is 71.8 cm³/mol. The fourth-order valence-corrected chi connectivity index (χ4v) is 2.47. The maximum atomic E-state index is 10.9. The SMILES string of the molecule is Cc1c(N2CCC(C)C(N)C2)cccc1[N+](=O)[O-]. The maximum Gasteiger partial charge on any atom is 0.274 e. The molecule has 2 atom stereocenters. The van der Waals surface area contributed by atoms with E-state index in [2.05, 4.69) is 11.8 Å². The van der Waals surface area contributed by atoms with Gasteiger partial charge in [-0.3, -0.25) is 10.1 Å². The van der Waals surface area contributed by atoms with Crippen LogP contribution in [-0.4, -0.2) is 24.1 Å². The summed E-state index contributed by atoms with van der Waals surface area (Å²) in [6, 6.07) is 5.36. The van der Waals surface area contributed by atoms with Crippen molar-refractivity contribution >= 4 is 11.4 Å². The third-order valence-corrected chi connectivity index (χ3v) is 3.83. The van der Waals surface area contributed by atoms with Gasteiger partial charge in [0.1, 0.15) is 0 Å². The molecule has 2 N–H and O–H groups in total. The van der Waals surface area contributed by atoms with Crippen molar-refractivity contribution in [2.75, 3.05) is 18.0 Å². The van der Waals surface area contributed by atoms with Crippen LogP contribution in [0.15, 0.2) is 18.2 Å². The summed E-state index contributed by atoms with van der Waals surface area (Å²) in [7, 11) is 0. The van der Waals surface area contributed by atoms with Gasteiger partial charge in [-0.25, -0.2) is 0 Å². The van der Waals surface area contributed by atoms with Gasteiger partial charge in [0, 0.05) is 30.9 Å². The van der Waals surface area contributed by atoms with Crippen LogP contribution in [-0.2, 0) is 0 Å². The minimum absolute atomic E-state index is 0.136. The first-order valence-corrected chi connectivity index (χ1v) is 6.25. The van der Waals surface area contributed by atoms with Gasteiger partial charge in [-0.15, -0.1) is 0 Å². The summed E-state index contributed by atoms with van der Waals surface area (Å²) in [5, 5.41) is 10.9. The van der Waals surface area contributed by atoms with Crippen LogP contribution in [0.5, 0.6) is 0 Å². The molecule has 0 bridgehead atoms. The van der Waals surface area contributed by atoms with Crippen LogP contribution in [0.4, 0.5) is 11.4 Å². The summed E-state index contributed by atoms with van der Waals surface area (Å²) in [5.74, 6) is 0.514. The van der Waals surface area contributed by atoms with Gasteiger partial charge in [0.15, 0.2) is 0 Å². The molecule has 1 aliphatic rings. The van der Waals surface area contributed by atoms with Crippen molar-refractivity contribution in [3.8, 4) is 0 Å². The number of hydrogen-bond donors (Lipinski definition) is 1. The quantitative estimate of drug-likeness (QED) is 0.643. The summed E-state index contributed by atoms with van der Waals surface area (Å²) in [6.07, 6.45) is 1.03. The van der Waals surface area contributed by atoms with E-state index >= 15 is 0 Å². The van der Waals surface area contributed by atoms with Crippen LogP contribution < -0.4 is 10.6 Å². The third kappa shape index (κ3) is 2.31. The van der Waals surface area contributed by atoms with Crippen LogP contribution in [0.25, 0.3) is 0 Å². The molecular formula is C13H19N3O2. The van der Waals surface area contributed by atoms with Crippen LogP contribution in [0.1, 0.15) is 18.9 Å². The normalized spacial score (nSPS) is 24.1. The van der Waals surface area contributed by atoms with E-state index in [0.29, 0.717) is 5.92 Å². The second kappa shape index (κ2) is 4.94. The molecule has 2 unspecified atom stereocenters. The molecule has 5 heteroatoms. The Morgan fingerprint density at radius 1 is 1.50 bits per heavy atom. The first-order chi connectivity index (χ1) is 8.50. The summed E-state index contributed by atoms with van der Waals surface area (Å²) in [4.78, 5) is 12.8. The Balaban J connectivity index is 2.29. The van der Waals surface area contributed by atoms with Gasteiger partial charge in [0.2, 0.25) is 0 Å². The lowest BCUT2D eigenvalue weighted by molar-refractivity contribution is -0.385. The lowest BCUT2D eigenvalue weighted by Crippen LogP contribution is -2.47. The molecule has 1 aromatic rings. The number of nitro groups is 1. The molecule has 18 heavy (non-hydrogen) atoms. The Kier molecular flexibility index (Phi) is 3.52. The highest BCUT2D eigenvalue weighted by Gasteiger charge is 2.25. The van der Waals surface area contributed by atoms with E-state index in [-0.39, 0.29) is 16.7 Å².